The van der Waals surface area contributed by atoms with Crippen molar-refractivity contribution in [1.82, 2.24) is 29.7 Å². The molecule has 2 saturated heterocycles. The van der Waals surface area contributed by atoms with Gasteiger partial charge in [-0.15, -0.1) is 0 Å². The Kier molecular flexibility index (Phi) is 9.58. The number of hydrogen-bond donors (Lipinski definition) is 4. The van der Waals surface area contributed by atoms with Crippen LogP contribution < -0.4 is 4.74 Å². The van der Waals surface area contributed by atoms with Gasteiger partial charge in [-0.3, -0.25) is 9.59 Å². The fourth-order valence-electron chi connectivity index (χ4n) is 7.35. The van der Waals surface area contributed by atoms with Crippen LogP contribution in [0.5, 0.6) is 11.5 Å². The number of aliphatic hydroxyl groups is 2. The molecule has 0 radical (unpaired) electrons. The van der Waals surface area contributed by atoms with Crippen LogP contribution in [0.25, 0.3) is 22.5 Å². The third-order valence-electron chi connectivity index (χ3n) is 10.2. The first-order valence-corrected chi connectivity index (χ1v) is 18.0. The maximum Gasteiger partial charge on any atom is 0.256 e. The van der Waals surface area contributed by atoms with Gasteiger partial charge in [-0.2, -0.15) is 0 Å². The van der Waals surface area contributed by atoms with Crippen LogP contribution in [0.1, 0.15) is 72.8 Å². The van der Waals surface area contributed by atoms with E-state index in [2.05, 4.69) is 19.9 Å². The van der Waals surface area contributed by atoms with Crippen LogP contribution in [-0.2, 0) is 9.59 Å². The van der Waals surface area contributed by atoms with Crippen molar-refractivity contribution in [3.8, 4) is 34.0 Å². The quantitative estimate of drug-likeness (QED) is 0.119. The summed E-state index contributed by atoms with van der Waals surface area (Å²) in [6.45, 7) is 1.14. The third kappa shape index (κ3) is 7.09. The van der Waals surface area contributed by atoms with E-state index >= 15 is 0 Å². The van der Waals surface area contributed by atoms with Crippen LogP contribution in [0.2, 0.25) is 0 Å². The van der Waals surface area contributed by atoms with Crippen LogP contribution in [-0.4, -0.2) is 64.9 Å². The number of likely N-dealkylation sites (tertiary alicyclic amines) is 2. The average Bonchev–Trinajstić information content (AvgIpc) is 4.05. The molecule has 53 heavy (non-hydrogen) atoms. The second kappa shape index (κ2) is 14.9. The molecule has 0 aliphatic carbocycles. The normalized spacial score (nSPS) is 18.2. The molecule has 8 rings (SSSR count). The lowest BCUT2D eigenvalue weighted by atomic mass is 10.1. The summed E-state index contributed by atoms with van der Waals surface area (Å²) in [7, 11) is 0. The number of nitrogens with one attached hydrogen (secondary N) is 2. The maximum atomic E-state index is 13.2. The first kappa shape index (κ1) is 34.1. The van der Waals surface area contributed by atoms with Crippen molar-refractivity contribution in [3.05, 3.63) is 144 Å². The number of ether oxygens (including phenoxy) is 1. The largest absolute Gasteiger partial charge is 0.457 e. The fourth-order valence-corrected chi connectivity index (χ4v) is 7.35. The Labute approximate surface area is 306 Å². The van der Waals surface area contributed by atoms with Gasteiger partial charge in [-0.1, -0.05) is 60.7 Å². The Balaban J connectivity index is 0.887. The van der Waals surface area contributed by atoms with E-state index in [-0.39, 0.29) is 23.9 Å². The molecule has 2 aliphatic heterocycles. The number of carbonyl (C=O) groups excluding carboxylic acids is 2. The molecule has 11 heteroatoms. The summed E-state index contributed by atoms with van der Waals surface area (Å²) in [5, 5.41) is 21.5. The van der Waals surface area contributed by atoms with E-state index in [1.807, 2.05) is 84.9 Å². The van der Waals surface area contributed by atoms with Crippen LogP contribution in [0.15, 0.2) is 122 Å². The standard InChI is InChI=1S/C42H40N6O5/c49-37(29-9-3-1-4-10-29)41(51)47-23-7-13-35(47)39-43-25-33(45-39)27-15-19-31(20-16-27)53-32-21-17-28(18-22-32)34-26-44-40(46-34)36-14-8-24-48(36)42(52)38(50)30-11-5-2-6-12-30/h1-6,9-12,15-22,25-26,35-38,49-50H,7-8,13-14,23-24H2,(H,43,45)(H,44,46)/t35-,36-,37+,38+/m0/s1. The second-order valence-corrected chi connectivity index (χ2v) is 13.5. The molecule has 11 nitrogen and oxygen atoms in total. The topological polar surface area (TPSA) is 148 Å². The van der Waals surface area contributed by atoms with E-state index < -0.39 is 12.2 Å². The molecular formula is C42H40N6O5. The first-order chi connectivity index (χ1) is 25.9. The summed E-state index contributed by atoms with van der Waals surface area (Å²) in [6.07, 6.45) is 4.36. The van der Waals surface area contributed by atoms with Crippen molar-refractivity contribution in [2.75, 3.05) is 13.1 Å². The minimum atomic E-state index is -1.21. The fraction of sp³-hybridized carbons (Fsp3) is 0.238. The highest BCUT2D eigenvalue weighted by atomic mass is 16.5. The highest BCUT2D eigenvalue weighted by molar-refractivity contribution is 5.83. The number of carbonyl (C=O) groups is 2. The molecular weight excluding hydrogens is 668 g/mol. The molecule has 2 amide bonds. The predicted molar refractivity (Wildman–Crippen MR) is 198 cm³/mol. The number of aliphatic hydroxyl groups excluding tert-OH is 2. The number of aromatic nitrogens is 4. The summed E-state index contributed by atoms with van der Waals surface area (Å²) in [4.78, 5) is 45.9. The summed E-state index contributed by atoms with van der Waals surface area (Å²) in [5.74, 6) is 2.13. The third-order valence-corrected chi connectivity index (χ3v) is 10.2. The highest BCUT2D eigenvalue weighted by Crippen LogP contribution is 2.36. The number of aromatic amines is 2. The smallest absolute Gasteiger partial charge is 0.256 e. The number of benzene rings is 4. The lowest BCUT2D eigenvalue weighted by Gasteiger charge is -2.25. The molecule has 4 atom stereocenters. The lowest BCUT2D eigenvalue weighted by Crippen LogP contribution is -2.35. The van der Waals surface area contributed by atoms with Crippen molar-refractivity contribution >= 4 is 11.8 Å². The Morgan fingerprint density at radius 3 is 1.40 bits per heavy atom. The maximum absolute atomic E-state index is 13.2. The lowest BCUT2D eigenvalue weighted by molar-refractivity contribution is -0.142. The van der Waals surface area contributed by atoms with E-state index in [4.69, 9.17) is 4.74 Å². The zero-order valence-corrected chi connectivity index (χ0v) is 29.0. The Hall–Kier alpha value is -6.04. The number of rotatable bonds is 10. The van der Waals surface area contributed by atoms with Crippen LogP contribution in [0.3, 0.4) is 0 Å². The number of amides is 2. The Morgan fingerprint density at radius 2 is 1.00 bits per heavy atom. The SMILES string of the molecule is O=C([C@H](O)c1ccccc1)N1CCC[C@H]1c1ncc(-c2ccc(Oc3ccc(-c4cnc([C@@H]5CCCN5C(=O)[C@H](O)c5ccccc5)[nH]4)cc3)cc2)[nH]1. The van der Waals surface area contributed by atoms with E-state index in [1.165, 1.54) is 0 Å². The van der Waals surface area contributed by atoms with Gasteiger partial charge in [0.25, 0.3) is 11.8 Å². The van der Waals surface area contributed by atoms with Crippen molar-refractivity contribution in [1.29, 1.82) is 0 Å². The van der Waals surface area contributed by atoms with Crippen molar-refractivity contribution in [3.63, 3.8) is 0 Å². The van der Waals surface area contributed by atoms with Gasteiger partial charge in [-0.05, 0) is 96.5 Å². The van der Waals surface area contributed by atoms with Crippen molar-refractivity contribution in [2.24, 2.45) is 0 Å². The Bertz CT molecular complexity index is 2010. The van der Waals surface area contributed by atoms with Gasteiger partial charge in [0.05, 0.1) is 35.9 Å². The molecule has 2 aromatic heterocycles. The molecule has 6 aromatic rings. The molecule has 0 unspecified atom stereocenters. The van der Waals surface area contributed by atoms with Crippen LogP contribution in [0.4, 0.5) is 0 Å². The minimum absolute atomic E-state index is 0.228. The molecule has 0 spiro atoms. The van der Waals surface area contributed by atoms with Gasteiger partial charge < -0.3 is 34.7 Å². The monoisotopic (exact) mass is 708 g/mol. The van der Waals surface area contributed by atoms with Gasteiger partial charge in [0.1, 0.15) is 23.1 Å². The summed E-state index contributed by atoms with van der Waals surface area (Å²) >= 11 is 0. The predicted octanol–water partition coefficient (Wildman–Crippen LogP) is 7.05. The number of hydrogen-bond acceptors (Lipinski definition) is 7. The van der Waals surface area contributed by atoms with Gasteiger partial charge >= 0.3 is 0 Å². The molecule has 4 heterocycles. The van der Waals surface area contributed by atoms with Gasteiger partial charge in [0.15, 0.2) is 12.2 Å². The Morgan fingerprint density at radius 1 is 0.604 bits per heavy atom. The van der Waals surface area contributed by atoms with Crippen LogP contribution in [0, 0.1) is 0 Å². The van der Waals surface area contributed by atoms with Crippen LogP contribution >= 0.6 is 0 Å². The minimum Gasteiger partial charge on any atom is -0.457 e. The highest BCUT2D eigenvalue weighted by Gasteiger charge is 2.36. The van der Waals surface area contributed by atoms with E-state index in [1.54, 1.807) is 46.5 Å². The van der Waals surface area contributed by atoms with E-state index in [9.17, 15) is 19.8 Å². The van der Waals surface area contributed by atoms with Crippen molar-refractivity contribution < 1.29 is 24.5 Å². The van der Waals surface area contributed by atoms with E-state index in [0.29, 0.717) is 47.4 Å². The molecule has 2 fully saturated rings. The van der Waals surface area contributed by atoms with Gasteiger partial charge in [-0.25, -0.2) is 9.97 Å². The molecule has 2 aliphatic rings. The number of H-pyrrole nitrogens is 2. The van der Waals surface area contributed by atoms with E-state index in [0.717, 1.165) is 48.2 Å². The molecule has 0 saturated carbocycles. The molecule has 268 valence electrons. The molecule has 0 bridgehead atoms. The average molecular weight is 709 g/mol. The first-order valence-electron chi connectivity index (χ1n) is 18.0. The summed E-state index contributed by atoms with van der Waals surface area (Å²) < 4.78 is 6.14. The zero-order chi connectivity index (χ0) is 36.3. The number of nitrogens with zero attached hydrogens (tertiary/aromatic N) is 4. The zero-order valence-electron chi connectivity index (χ0n) is 29.0. The van der Waals surface area contributed by atoms with Gasteiger partial charge in [0, 0.05) is 13.1 Å². The molecule has 4 N–H and O–H groups in total. The summed E-state index contributed by atoms with van der Waals surface area (Å²) in [5.41, 5.74) is 4.68. The van der Waals surface area contributed by atoms with Crippen molar-refractivity contribution in [2.45, 2.75) is 50.0 Å². The summed E-state index contributed by atoms with van der Waals surface area (Å²) in [6, 6.07) is 33.0. The molecule has 4 aromatic carbocycles. The van der Waals surface area contributed by atoms with Gasteiger partial charge in [0.2, 0.25) is 0 Å². The number of imidazole rings is 2. The second-order valence-electron chi connectivity index (χ2n) is 13.5.